The number of nitrogens with zero attached hydrogens (tertiary/aromatic N) is 3. The number of anilines is 1. The van der Waals surface area contributed by atoms with Gasteiger partial charge in [0.15, 0.2) is 11.4 Å². The van der Waals surface area contributed by atoms with Crippen LogP contribution in [0.25, 0.3) is 0 Å². The van der Waals surface area contributed by atoms with Crippen molar-refractivity contribution in [1.82, 2.24) is 5.32 Å². The van der Waals surface area contributed by atoms with Crippen LogP contribution in [0.3, 0.4) is 0 Å². The number of nitriles is 1. The molecule has 1 aliphatic heterocycles. The highest BCUT2D eigenvalue weighted by Gasteiger charge is 2.18. The van der Waals surface area contributed by atoms with E-state index in [0.717, 1.165) is 25.9 Å². The van der Waals surface area contributed by atoms with Crippen LogP contribution in [0, 0.1) is 17.3 Å². The van der Waals surface area contributed by atoms with Crippen molar-refractivity contribution in [2.24, 2.45) is 4.99 Å². The van der Waals surface area contributed by atoms with Crippen molar-refractivity contribution >= 4 is 28.3 Å². The Labute approximate surface area is 122 Å². The fourth-order valence-electron chi connectivity index (χ4n) is 2.31. The van der Waals surface area contributed by atoms with Crippen LogP contribution in [0.2, 0.25) is 0 Å². The van der Waals surface area contributed by atoms with Crippen molar-refractivity contribution < 1.29 is 4.39 Å². The van der Waals surface area contributed by atoms with Crippen molar-refractivity contribution in [2.75, 3.05) is 24.2 Å². The number of amidine groups is 1. The van der Waals surface area contributed by atoms with E-state index < -0.39 is 0 Å². The first-order chi connectivity index (χ1) is 9.76. The summed E-state index contributed by atoms with van der Waals surface area (Å²) in [6.45, 7) is 1.70. The van der Waals surface area contributed by atoms with E-state index in [1.165, 1.54) is 24.2 Å². The molecule has 1 aliphatic rings. The summed E-state index contributed by atoms with van der Waals surface area (Å²) < 4.78 is 14.2. The van der Waals surface area contributed by atoms with E-state index in [0.29, 0.717) is 16.5 Å². The SMILES string of the molecule is CSC(=Nc1cccc(F)c1N1CCCCC1)NC#N. The smallest absolute Gasteiger partial charge is 0.183 e. The van der Waals surface area contributed by atoms with Gasteiger partial charge in [-0.3, -0.25) is 5.32 Å². The van der Waals surface area contributed by atoms with Crippen LogP contribution in [0.15, 0.2) is 23.2 Å². The second-order valence-electron chi connectivity index (χ2n) is 4.51. The zero-order chi connectivity index (χ0) is 14.4. The van der Waals surface area contributed by atoms with Crippen molar-refractivity contribution in [1.29, 1.82) is 5.26 Å². The lowest BCUT2D eigenvalue weighted by Gasteiger charge is -2.30. The normalized spacial score (nSPS) is 15.8. The molecule has 1 aromatic carbocycles. The molecule has 1 fully saturated rings. The van der Waals surface area contributed by atoms with Gasteiger partial charge in [0.25, 0.3) is 0 Å². The van der Waals surface area contributed by atoms with Gasteiger partial charge in [-0.25, -0.2) is 9.38 Å². The maximum Gasteiger partial charge on any atom is 0.183 e. The molecule has 106 valence electrons. The van der Waals surface area contributed by atoms with Crippen LogP contribution in [0.1, 0.15) is 19.3 Å². The Morgan fingerprint density at radius 3 is 2.80 bits per heavy atom. The highest BCUT2D eigenvalue weighted by Crippen LogP contribution is 2.33. The maximum absolute atomic E-state index is 14.2. The van der Waals surface area contributed by atoms with E-state index in [9.17, 15) is 4.39 Å². The highest BCUT2D eigenvalue weighted by atomic mass is 32.2. The molecule has 20 heavy (non-hydrogen) atoms. The first-order valence-corrected chi connectivity index (χ1v) is 7.80. The molecular formula is C14H17FN4S. The quantitative estimate of drug-likeness (QED) is 0.393. The molecule has 1 N–H and O–H groups in total. The van der Waals surface area contributed by atoms with Crippen molar-refractivity contribution in [3.8, 4) is 6.19 Å². The Morgan fingerprint density at radius 2 is 2.15 bits per heavy atom. The molecule has 1 saturated heterocycles. The van der Waals surface area contributed by atoms with Gasteiger partial charge in [0.2, 0.25) is 0 Å². The predicted octanol–water partition coefficient (Wildman–Crippen LogP) is 3.24. The average molecular weight is 292 g/mol. The van der Waals surface area contributed by atoms with Gasteiger partial charge in [-0.15, -0.1) is 0 Å². The van der Waals surface area contributed by atoms with E-state index in [-0.39, 0.29) is 5.82 Å². The number of benzene rings is 1. The van der Waals surface area contributed by atoms with Gasteiger partial charge in [-0.1, -0.05) is 17.8 Å². The van der Waals surface area contributed by atoms with Gasteiger partial charge in [0.05, 0.1) is 11.4 Å². The Hall–Kier alpha value is -1.74. The monoisotopic (exact) mass is 292 g/mol. The molecule has 2 rings (SSSR count). The number of para-hydroxylation sites is 1. The number of thioether (sulfide) groups is 1. The molecule has 0 amide bonds. The predicted molar refractivity (Wildman–Crippen MR) is 81.8 cm³/mol. The topological polar surface area (TPSA) is 51.4 Å². The van der Waals surface area contributed by atoms with E-state index in [2.05, 4.69) is 10.3 Å². The summed E-state index contributed by atoms with van der Waals surface area (Å²) in [6, 6.07) is 4.88. The molecule has 0 unspecified atom stereocenters. The zero-order valence-electron chi connectivity index (χ0n) is 11.4. The first kappa shape index (κ1) is 14.7. The Bertz CT molecular complexity index is 532. The summed E-state index contributed by atoms with van der Waals surface area (Å²) >= 11 is 1.33. The minimum atomic E-state index is -0.259. The lowest BCUT2D eigenvalue weighted by Crippen LogP contribution is -2.30. The number of rotatable bonds is 2. The van der Waals surface area contributed by atoms with Crippen LogP contribution < -0.4 is 10.2 Å². The maximum atomic E-state index is 14.2. The molecule has 0 spiro atoms. The van der Waals surface area contributed by atoms with Crippen LogP contribution >= 0.6 is 11.8 Å². The fourth-order valence-corrected chi connectivity index (χ4v) is 2.64. The van der Waals surface area contributed by atoms with Crippen molar-refractivity contribution in [2.45, 2.75) is 19.3 Å². The third-order valence-corrected chi connectivity index (χ3v) is 3.80. The second kappa shape index (κ2) is 7.15. The lowest BCUT2D eigenvalue weighted by atomic mass is 10.1. The largest absolute Gasteiger partial charge is 0.367 e. The van der Waals surface area contributed by atoms with Gasteiger partial charge >= 0.3 is 0 Å². The molecule has 4 nitrogen and oxygen atoms in total. The Kier molecular flexibility index (Phi) is 5.24. The second-order valence-corrected chi connectivity index (χ2v) is 5.31. The van der Waals surface area contributed by atoms with Gasteiger partial charge in [0, 0.05) is 13.1 Å². The Morgan fingerprint density at radius 1 is 1.40 bits per heavy atom. The van der Waals surface area contributed by atoms with E-state index in [1.807, 2.05) is 17.3 Å². The third-order valence-electron chi connectivity index (χ3n) is 3.22. The number of piperidine rings is 1. The van der Waals surface area contributed by atoms with Crippen LogP contribution in [0.5, 0.6) is 0 Å². The highest BCUT2D eigenvalue weighted by molar-refractivity contribution is 8.13. The molecule has 6 heteroatoms. The summed E-state index contributed by atoms with van der Waals surface area (Å²) in [6.07, 6.45) is 7.00. The van der Waals surface area contributed by atoms with Crippen LogP contribution in [-0.2, 0) is 0 Å². The molecule has 1 heterocycles. The Balaban J connectivity index is 2.37. The molecule has 0 aromatic heterocycles. The number of hydrogen-bond acceptors (Lipinski definition) is 4. The molecule has 0 saturated carbocycles. The number of aliphatic imine (C=N–C) groups is 1. The summed E-state index contributed by atoms with van der Waals surface area (Å²) in [5, 5.41) is 11.7. The summed E-state index contributed by atoms with van der Waals surface area (Å²) in [5.74, 6) is -0.259. The van der Waals surface area contributed by atoms with E-state index >= 15 is 0 Å². The number of halogens is 1. The fraction of sp³-hybridized carbons (Fsp3) is 0.429. The third kappa shape index (κ3) is 3.42. The summed E-state index contributed by atoms with van der Waals surface area (Å²) in [4.78, 5) is 6.41. The standard InChI is InChI=1S/C14H17FN4S/c1-20-14(17-10-16)18-12-7-5-6-11(15)13(12)19-8-3-2-4-9-19/h5-7H,2-4,8-9H2,1H3,(H,17,18). The average Bonchev–Trinajstić information content (AvgIpc) is 2.48. The van der Waals surface area contributed by atoms with Crippen LogP contribution in [0.4, 0.5) is 15.8 Å². The van der Waals surface area contributed by atoms with Gasteiger partial charge in [-0.2, -0.15) is 5.26 Å². The summed E-state index contributed by atoms with van der Waals surface area (Å²) in [5.41, 5.74) is 1.11. The van der Waals surface area contributed by atoms with Gasteiger partial charge in [0.1, 0.15) is 5.82 Å². The van der Waals surface area contributed by atoms with E-state index in [1.54, 1.807) is 12.1 Å². The van der Waals surface area contributed by atoms with Gasteiger partial charge < -0.3 is 4.90 Å². The lowest BCUT2D eigenvalue weighted by molar-refractivity contribution is 0.557. The first-order valence-electron chi connectivity index (χ1n) is 6.57. The molecule has 0 bridgehead atoms. The summed E-state index contributed by atoms with van der Waals surface area (Å²) in [7, 11) is 0. The molecule has 0 atom stereocenters. The molecule has 0 radical (unpaired) electrons. The molecule has 1 aromatic rings. The zero-order valence-corrected chi connectivity index (χ0v) is 12.2. The minimum Gasteiger partial charge on any atom is -0.367 e. The molecule has 0 aliphatic carbocycles. The number of hydrogen-bond donors (Lipinski definition) is 1. The van der Waals surface area contributed by atoms with Crippen molar-refractivity contribution in [3.05, 3.63) is 24.0 Å². The van der Waals surface area contributed by atoms with Gasteiger partial charge in [-0.05, 0) is 37.7 Å². The minimum absolute atomic E-state index is 0.259. The van der Waals surface area contributed by atoms with Crippen LogP contribution in [-0.4, -0.2) is 24.5 Å². The molecular weight excluding hydrogens is 275 g/mol. The number of nitrogens with one attached hydrogen (secondary N) is 1. The van der Waals surface area contributed by atoms with Crippen molar-refractivity contribution in [3.63, 3.8) is 0 Å². The van der Waals surface area contributed by atoms with E-state index in [4.69, 9.17) is 5.26 Å².